The van der Waals surface area contributed by atoms with Crippen molar-refractivity contribution in [2.75, 3.05) is 13.1 Å². The molecule has 0 bridgehead atoms. The number of piperidine rings is 1. The number of hydrogen-bond donors (Lipinski definition) is 2. The molecule has 106 valence electrons. The van der Waals surface area contributed by atoms with E-state index in [1.165, 1.54) is 12.8 Å². The van der Waals surface area contributed by atoms with Gasteiger partial charge in [-0.3, -0.25) is 4.79 Å². The molecule has 1 heterocycles. The Balaban J connectivity index is 0.00000162. The molecule has 2 aliphatic rings. The first-order valence-electron chi connectivity index (χ1n) is 7.02. The highest BCUT2D eigenvalue weighted by Crippen LogP contribution is 2.58. The van der Waals surface area contributed by atoms with Gasteiger partial charge in [-0.1, -0.05) is 13.3 Å². The van der Waals surface area contributed by atoms with Crippen molar-refractivity contribution in [3.63, 3.8) is 0 Å². The van der Waals surface area contributed by atoms with Gasteiger partial charge in [-0.15, -0.1) is 12.4 Å². The van der Waals surface area contributed by atoms with Crippen LogP contribution >= 0.6 is 12.4 Å². The molecule has 1 amide bonds. The molecule has 1 spiro atoms. The van der Waals surface area contributed by atoms with Gasteiger partial charge in [0, 0.05) is 11.5 Å². The lowest BCUT2D eigenvalue weighted by molar-refractivity contribution is -0.125. The minimum absolute atomic E-state index is 0. The lowest BCUT2D eigenvalue weighted by atomic mass is 9.91. The quantitative estimate of drug-likeness (QED) is 0.827. The topological polar surface area (TPSA) is 41.1 Å². The molecular weight excluding hydrogens is 248 g/mol. The van der Waals surface area contributed by atoms with Gasteiger partial charge in [0.1, 0.15) is 0 Å². The van der Waals surface area contributed by atoms with Crippen molar-refractivity contribution in [3.05, 3.63) is 0 Å². The number of carbonyl (C=O) groups is 1. The summed E-state index contributed by atoms with van der Waals surface area (Å²) in [6.07, 6.45) is 5.65. The second-order valence-electron chi connectivity index (χ2n) is 6.49. The summed E-state index contributed by atoms with van der Waals surface area (Å²) in [7, 11) is 0. The molecule has 2 fully saturated rings. The van der Waals surface area contributed by atoms with Gasteiger partial charge in [0.2, 0.25) is 5.91 Å². The van der Waals surface area contributed by atoms with E-state index in [0.717, 1.165) is 32.4 Å². The smallest absolute Gasteiger partial charge is 0.224 e. The zero-order chi connectivity index (χ0) is 12.5. The molecule has 0 aromatic carbocycles. The average Bonchev–Trinajstić information content (AvgIpc) is 2.92. The maximum Gasteiger partial charge on any atom is 0.224 e. The summed E-state index contributed by atoms with van der Waals surface area (Å²) >= 11 is 0. The van der Waals surface area contributed by atoms with Crippen LogP contribution in [0.2, 0.25) is 0 Å². The van der Waals surface area contributed by atoms with E-state index >= 15 is 0 Å². The van der Waals surface area contributed by atoms with Crippen LogP contribution in [0.3, 0.4) is 0 Å². The first-order valence-corrected chi connectivity index (χ1v) is 7.02. The molecule has 2 rings (SSSR count). The van der Waals surface area contributed by atoms with Crippen molar-refractivity contribution in [1.29, 1.82) is 0 Å². The van der Waals surface area contributed by atoms with Gasteiger partial charge < -0.3 is 10.6 Å². The highest BCUT2D eigenvalue weighted by Gasteiger charge is 2.57. The predicted octanol–water partition coefficient (Wildman–Crippen LogP) is 2.49. The van der Waals surface area contributed by atoms with E-state index in [-0.39, 0.29) is 17.9 Å². The number of amides is 1. The number of rotatable bonds is 4. The van der Waals surface area contributed by atoms with E-state index in [4.69, 9.17) is 0 Å². The SMILES string of the molecule is CCCC(C)(C)NC(=O)C1CC12CCNCC2.Cl. The molecule has 4 heteroatoms. The van der Waals surface area contributed by atoms with Gasteiger partial charge in [-0.05, 0) is 58.0 Å². The van der Waals surface area contributed by atoms with E-state index < -0.39 is 0 Å². The minimum atomic E-state index is -0.0392. The highest BCUT2D eigenvalue weighted by molar-refractivity contribution is 5.85. The van der Waals surface area contributed by atoms with E-state index in [9.17, 15) is 4.79 Å². The summed E-state index contributed by atoms with van der Waals surface area (Å²) in [6.45, 7) is 8.60. The molecule has 1 atom stereocenters. The van der Waals surface area contributed by atoms with E-state index in [1.54, 1.807) is 0 Å². The van der Waals surface area contributed by atoms with Crippen molar-refractivity contribution in [2.45, 2.75) is 58.4 Å². The molecule has 1 unspecified atom stereocenters. The maximum atomic E-state index is 12.2. The molecule has 3 nitrogen and oxygen atoms in total. The van der Waals surface area contributed by atoms with E-state index in [1.807, 2.05) is 0 Å². The third-order valence-electron chi connectivity index (χ3n) is 4.44. The van der Waals surface area contributed by atoms with Gasteiger partial charge in [0.25, 0.3) is 0 Å². The predicted molar refractivity (Wildman–Crippen MR) is 77.0 cm³/mol. The van der Waals surface area contributed by atoms with Crippen LogP contribution in [0.1, 0.15) is 52.9 Å². The van der Waals surface area contributed by atoms with Gasteiger partial charge in [-0.25, -0.2) is 0 Å². The van der Waals surface area contributed by atoms with Gasteiger partial charge in [0.05, 0.1) is 0 Å². The van der Waals surface area contributed by atoms with E-state index in [2.05, 4.69) is 31.4 Å². The Morgan fingerprint density at radius 3 is 2.56 bits per heavy atom. The third-order valence-corrected chi connectivity index (χ3v) is 4.44. The normalized spacial score (nSPS) is 25.4. The standard InChI is InChI=1S/C14H26N2O.ClH/c1-4-5-13(2,3)16-12(17)11-10-14(11)6-8-15-9-7-14;/h11,15H,4-10H2,1-3H3,(H,16,17);1H. The van der Waals surface area contributed by atoms with Gasteiger partial charge in [-0.2, -0.15) is 0 Å². The Kier molecular flexibility index (Phi) is 5.07. The number of carbonyl (C=O) groups excluding carboxylic acids is 1. The molecule has 1 saturated heterocycles. The minimum Gasteiger partial charge on any atom is -0.351 e. The van der Waals surface area contributed by atoms with Crippen LogP contribution in [0.4, 0.5) is 0 Å². The molecular formula is C14H27ClN2O. The van der Waals surface area contributed by atoms with Crippen LogP contribution in [-0.4, -0.2) is 24.5 Å². The number of nitrogens with one attached hydrogen (secondary N) is 2. The fourth-order valence-electron chi connectivity index (χ4n) is 3.30. The summed E-state index contributed by atoms with van der Waals surface area (Å²) in [5.74, 6) is 0.589. The van der Waals surface area contributed by atoms with Crippen molar-refractivity contribution >= 4 is 18.3 Å². The lowest BCUT2D eigenvalue weighted by Crippen LogP contribution is -2.45. The summed E-state index contributed by atoms with van der Waals surface area (Å²) in [6, 6.07) is 0. The molecule has 2 N–H and O–H groups in total. The van der Waals surface area contributed by atoms with Crippen LogP contribution in [0.15, 0.2) is 0 Å². The monoisotopic (exact) mass is 274 g/mol. The van der Waals surface area contributed by atoms with Crippen molar-refractivity contribution in [1.82, 2.24) is 10.6 Å². The Morgan fingerprint density at radius 2 is 2.00 bits per heavy atom. The van der Waals surface area contributed by atoms with E-state index in [0.29, 0.717) is 17.2 Å². The lowest BCUT2D eigenvalue weighted by Gasteiger charge is -2.28. The Morgan fingerprint density at radius 1 is 1.39 bits per heavy atom. The van der Waals surface area contributed by atoms with Gasteiger partial charge in [0.15, 0.2) is 0 Å². The molecule has 0 aromatic rings. The fourth-order valence-corrected chi connectivity index (χ4v) is 3.30. The molecule has 0 radical (unpaired) electrons. The first-order chi connectivity index (χ1) is 7.99. The molecule has 1 aliphatic heterocycles. The fraction of sp³-hybridized carbons (Fsp3) is 0.929. The van der Waals surface area contributed by atoms with Crippen LogP contribution in [-0.2, 0) is 4.79 Å². The molecule has 1 aliphatic carbocycles. The van der Waals surface area contributed by atoms with Gasteiger partial charge >= 0.3 is 0 Å². The van der Waals surface area contributed by atoms with Crippen LogP contribution < -0.4 is 10.6 Å². The maximum absolute atomic E-state index is 12.2. The summed E-state index contributed by atoms with van der Waals surface area (Å²) < 4.78 is 0. The zero-order valence-electron chi connectivity index (χ0n) is 11.8. The van der Waals surface area contributed by atoms with Crippen molar-refractivity contribution in [3.8, 4) is 0 Å². The highest BCUT2D eigenvalue weighted by atomic mass is 35.5. The third kappa shape index (κ3) is 3.39. The number of hydrogen-bond acceptors (Lipinski definition) is 2. The Labute approximate surface area is 117 Å². The average molecular weight is 275 g/mol. The Bertz CT molecular complexity index is 298. The molecule has 18 heavy (non-hydrogen) atoms. The largest absolute Gasteiger partial charge is 0.351 e. The summed E-state index contributed by atoms with van der Waals surface area (Å²) in [5.41, 5.74) is 0.320. The zero-order valence-corrected chi connectivity index (χ0v) is 12.7. The van der Waals surface area contributed by atoms with Crippen molar-refractivity contribution in [2.24, 2.45) is 11.3 Å². The summed E-state index contributed by atoms with van der Waals surface area (Å²) in [5, 5.41) is 6.61. The molecule has 0 aromatic heterocycles. The van der Waals surface area contributed by atoms with Crippen LogP contribution in [0.5, 0.6) is 0 Å². The van der Waals surface area contributed by atoms with Crippen LogP contribution in [0, 0.1) is 11.3 Å². The van der Waals surface area contributed by atoms with Crippen molar-refractivity contribution < 1.29 is 4.79 Å². The number of halogens is 1. The Hall–Kier alpha value is -0.280. The van der Waals surface area contributed by atoms with Crippen LogP contribution in [0.25, 0.3) is 0 Å². The molecule has 1 saturated carbocycles. The second-order valence-corrected chi connectivity index (χ2v) is 6.49. The summed E-state index contributed by atoms with van der Waals surface area (Å²) in [4.78, 5) is 12.2. The second kappa shape index (κ2) is 5.79. The first kappa shape index (κ1) is 15.8.